The van der Waals surface area contributed by atoms with E-state index in [1.54, 1.807) is 12.1 Å². The minimum absolute atomic E-state index is 0.00168. The average molecular weight is 389 g/mol. The van der Waals surface area contributed by atoms with Gasteiger partial charge in [0.15, 0.2) is 0 Å². The molecule has 2 aromatic rings. The molecule has 1 aromatic heterocycles. The highest BCUT2D eigenvalue weighted by Crippen LogP contribution is 2.19. The van der Waals surface area contributed by atoms with Crippen LogP contribution < -0.4 is 5.32 Å². The van der Waals surface area contributed by atoms with Crippen LogP contribution in [0.25, 0.3) is 0 Å². The van der Waals surface area contributed by atoms with Gasteiger partial charge in [0.25, 0.3) is 0 Å². The van der Waals surface area contributed by atoms with Gasteiger partial charge in [-0.15, -0.1) is 0 Å². The molecule has 154 valence electrons. The zero-order chi connectivity index (χ0) is 20.8. The molecular weight excluding hydrogens is 355 g/mol. The third kappa shape index (κ3) is 5.89. The molecule has 1 atom stereocenters. The minimum Gasteiger partial charge on any atom is -0.354 e. The van der Waals surface area contributed by atoms with E-state index in [9.17, 15) is 9.18 Å². The first kappa shape index (κ1) is 22.1. The van der Waals surface area contributed by atoms with E-state index in [0.717, 1.165) is 23.5 Å². The number of carbonyl (C=O) groups excluding carboxylic acids is 1. The molecule has 1 unspecified atom stereocenters. The van der Waals surface area contributed by atoms with Crippen LogP contribution in [0.5, 0.6) is 0 Å². The standard InChI is InChI=1S/C22H33FN4O/c1-15(2)14-27-17(4)20(16(3)25-27)11-12-22(28)24-13-21(26(5)6)18-7-9-19(23)10-8-18/h7-10,15,21H,11-14H2,1-6H3,(H,24,28). The quantitative estimate of drug-likeness (QED) is 0.713. The summed E-state index contributed by atoms with van der Waals surface area (Å²) in [5.41, 5.74) is 4.30. The highest BCUT2D eigenvalue weighted by atomic mass is 19.1. The highest BCUT2D eigenvalue weighted by molar-refractivity contribution is 5.76. The zero-order valence-corrected chi connectivity index (χ0v) is 17.9. The number of amides is 1. The number of benzene rings is 1. The highest BCUT2D eigenvalue weighted by Gasteiger charge is 2.17. The number of halogens is 1. The van der Waals surface area contributed by atoms with Crippen LogP contribution in [0, 0.1) is 25.6 Å². The summed E-state index contributed by atoms with van der Waals surface area (Å²) >= 11 is 0. The maximum atomic E-state index is 13.2. The van der Waals surface area contributed by atoms with E-state index in [1.807, 2.05) is 30.6 Å². The lowest BCUT2D eigenvalue weighted by atomic mass is 10.1. The van der Waals surface area contributed by atoms with Crippen LogP contribution in [-0.4, -0.2) is 41.2 Å². The van der Waals surface area contributed by atoms with Crippen LogP contribution in [0.2, 0.25) is 0 Å². The van der Waals surface area contributed by atoms with Gasteiger partial charge >= 0.3 is 0 Å². The second-order valence-corrected chi connectivity index (χ2v) is 8.06. The van der Waals surface area contributed by atoms with Crippen molar-refractivity contribution in [1.82, 2.24) is 20.0 Å². The maximum absolute atomic E-state index is 13.2. The summed E-state index contributed by atoms with van der Waals surface area (Å²) in [6.45, 7) is 9.81. The lowest BCUT2D eigenvalue weighted by Gasteiger charge is -2.25. The number of aryl methyl sites for hydroxylation is 1. The van der Waals surface area contributed by atoms with Crippen LogP contribution in [0.4, 0.5) is 4.39 Å². The molecule has 0 aliphatic rings. The topological polar surface area (TPSA) is 50.2 Å². The first-order valence-corrected chi connectivity index (χ1v) is 9.90. The second kappa shape index (κ2) is 9.82. The molecule has 2 rings (SSSR count). The van der Waals surface area contributed by atoms with Crippen LogP contribution in [0.3, 0.4) is 0 Å². The average Bonchev–Trinajstić information content (AvgIpc) is 2.87. The van der Waals surface area contributed by atoms with Gasteiger partial charge < -0.3 is 10.2 Å². The van der Waals surface area contributed by atoms with Gasteiger partial charge in [-0.3, -0.25) is 9.48 Å². The Kier molecular flexibility index (Phi) is 7.75. The number of rotatable bonds is 9. The second-order valence-electron chi connectivity index (χ2n) is 8.06. The molecule has 0 spiro atoms. The Balaban J connectivity index is 1.93. The van der Waals surface area contributed by atoms with E-state index < -0.39 is 0 Å². The molecular formula is C22H33FN4O. The molecule has 1 N–H and O–H groups in total. The Hall–Kier alpha value is -2.21. The summed E-state index contributed by atoms with van der Waals surface area (Å²) in [5, 5.41) is 7.64. The predicted octanol–water partition coefficient (Wildman–Crippen LogP) is 3.65. The van der Waals surface area contributed by atoms with Crippen LogP contribution in [0.1, 0.15) is 48.8 Å². The van der Waals surface area contributed by atoms with E-state index in [-0.39, 0.29) is 17.8 Å². The number of aromatic nitrogens is 2. The molecule has 1 heterocycles. The summed E-state index contributed by atoms with van der Waals surface area (Å²) in [6, 6.07) is 6.44. The summed E-state index contributed by atoms with van der Waals surface area (Å²) in [4.78, 5) is 14.4. The fourth-order valence-electron chi connectivity index (χ4n) is 3.44. The largest absolute Gasteiger partial charge is 0.354 e. The van der Waals surface area contributed by atoms with E-state index in [1.165, 1.54) is 17.7 Å². The molecule has 1 amide bonds. The zero-order valence-electron chi connectivity index (χ0n) is 17.9. The smallest absolute Gasteiger partial charge is 0.220 e. The van der Waals surface area contributed by atoms with Gasteiger partial charge in [-0.05, 0) is 63.5 Å². The molecule has 0 bridgehead atoms. The van der Waals surface area contributed by atoms with E-state index in [2.05, 4.69) is 31.2 Å². The number of likely N-dealkylation sites (N-methyl/N-ethyl adjacent to an activating group) is 1. The number of hydrogen-bond acceptors (Lipinski definition) is 3. The molecule has 0 saturated heterocycles. The van der Waals surface area contributed by atoms with Gasteiger partial charge in [-0.2, -0.15) is 5.10 Å². The van der Waals surface area contributed by atoms with Crippen molar-refractivity contribution in [2.45, 2.75) is 53.1 Å². The van der Waals surface area contributed by atoms with Crippen molar-refractivity contribution in [2.24, 2.45) is 5.92 Å². The molecule has 6 heteroatoms. The maximum Gasteiger partial charge on any atom is 0.220 e. The number of hydrogen-bond donors (Lipinski definition) is 1. The molecule has 5 nitrogen and oxygen atoms in total. The van der Waals surface area contributed by atoms with Crippen molar-refractivity contribution in [2.75, 3.05) is 20.6 Å². The third-order valence-electron chi connectivity index (χ3n) is 5.04. The number of nitrogens with one attached hydrogen (secondary N) is 1. The lowest BCUT2D eigenvalue weighted by Crippen LogP contribution is -2.34. The normalized spacial score (nSPS) is 12.6. The van der Waals surface area contributed by atoms with E-state index in [4.69, 9.17) is 0 Å². The van der Waals surface area contributed by atoms with Crippen molar-refractivity contribution in [3.05, 3.63) is 52.6 Å². The SMILES string of the molecule is Cc1nn(CC(C)C)c(C)c1CCC(=O)NCC(c1ccc(F)cc1)N(C)C. The summed E-state index contributed by atoms with van der Waals surface area (Å²) in [5.74, 6) is 0.294. The summed E-state index contributed by atoms with van der Waals surface area (Å²) in [7, 11) is 3.91. The monoisotopic (exact) mass is 388 g/mol. The fourth-order valence-corrected chi connectivity index (χ4v) is 3.44. The molecule has 1 aromatic carbocycles. The van der Waals surface area contributed by atoms with Crippen molar-refractivity contribution in [3.63, 3.8) is 0 Å². The van der Waals surface area contributed by atoms with Gasteiger partial charge in [-0.1, -0.05) is 26.0 Å². The first-order valence-electron chi connectivity index (χ1n) is 9.90. The van der Waals surface area contributed by atoms with Crippen LogP contribution in [0.15, 0.2) is 24.3 Å². The van der Waals surface area contributed by atoms with Gasteiger partial charge in [0, 0.05) is 25.2 Å². The number of carbonyl (C=O) groups is 1. The lowest BCUT2D eigenvalue weighted by molar-refractivity contribution is -0.121. The van der Waals surface area contributed by atoms with Gasteiger partial charge in [0.1, 0.15) is 5.82 Å². The predicted molar refractivity (Wildman–Crippen MR) is 111 cm³/mol. The molecule has 0 fully saturated rings. The Morgan fingerprint density at radius 2 is 1.86 bits per heavy atom. The molecule has 0 radical (unpaired) electrons. The van der Waals surface area contributed by atoms with Crippen molar-refractivity contribution >= 4 is 5.91 Å². The van der Waals surface area contributed by atoms with Crippen LogP contribution in [-0.2, 0) is 17.8 Å². The van der Waals surface area contributed by atoms with Gasteiger partial charge in [-0.25, -0.2) is 4.39 Å². The Bertz CT molecular complexity index is 781. The molecule has 0 aliphatic heterocycles. The molecule has 28 heavy (non-hydrogen) atoms. The Labute approximate surface area is 167 Å². The van der Waals surface area contributed by atoms with Crippen molar-refractivity contribution in [3.8, 4) is 0 Å². The van der Waals surface area contributed by atoms with Gasteiger partial charge in [0.2, 0.25) is 5.91 Å². The third-order valence-corrected chi connectivity index (χ3v) is 5.04. The Morgan fingerprint density at radius 3 is 2.43 bits per heavy atom. The fraction of sp³-hybridized carbons (Fsp3) is 0.545. The molecule has 0 saturated carbocycles. The van der Waals surface area contributed by atoms with Crippen molar-refractivity contribution < 1.29 is 9.18 Å². The Morgan fingerprint density at radius 1 is 1.21 bits per heavy atom. The summed E-state index contributed by atoms with van der Waals surface area (Å²) in [6.07, 6.45) is 1.11. The molecule has 0 aliphatic carbocycles. The van der Waals surface area contributed by atoms with Crippen LogP contribution >= 0.6 is 0 Å². The van der Waals surface area contributed by atoms with E-state index in [0.29, 0.717) is 25.3 Å². The minimum atomic E-state index is -0.256. The summed E-state index contributed by atoms with van der Waals surface area (Å²) < 4.78 is 15.2. The van der Waals surface area contributed by atoms with Gasteiger partial charge in [0.05, 0.1) is 11.7 Å². The number of nitrogens with zero attached hydrogens (tertiary/aromatic N) is 3. The first-order chi connectivity index (χ1) is 13.2. The van der Waals surface area contributed by atoms with Crippen molar-refractivity contribution in [1.29, 1.82) is 0 Å². The van der Waals surface area contributed by atoms with E-state index >= 15 is 0 Å².